The van der Waals surface area contributed by atoms with E-state index >= 15 is 0 Å². The van der Waals surface area contributed by atoms with Gasteiger partial charge in [-0.3, -0.25) is 0 Å². The number of rotatable bonds is 2. The monoisotopic (exact) mass is 387 g/mol. The number of hydrogen-bond acceptors (Lipinski definition) is 5. The highest BCUT2D eigenvalue weighted by atomic mass is 16.7. The lowest BCUT2D eigenvalue weighted by Crippen LogP contribution is -2.41. The number of aromatic carboxylic acids is 1. The Balaban J connectivity index is 2.05. The molecule has 0 spiro atoms. The molecule has 1 aromatic carbocycles. The largest absolute Gasteiger partial charge is 0.494 e. The minimum atomic E-state index is -1.21. The SMILES string of the molecule is CC(C)(C)OC(=O)n1c(C(=O)O)cc2cc(B3OC(C)(C)C(C)(C)O3)ccc21. The Kier molecular flexibility index (Phi) is 4.63. The topological polar surface area (TPSA) is 87.0 Å². The van der Waals surface area contributed by atoms with Gasteiger partial charge in [0.1, 0.15) is 11.3 Å². The summed E-state index contributed by atoms with van der Waals surface area (Å²) in [7, 11) is -0.576. The predicted molar refractivity (Wildman–Crippen MR) is 106 cm³/mol. The Hall–Kier alpha value is -2.32. The number of carboxylic acid groups (broad SMARTS) is 1. The zero-order valence-electron chi connectivity index (χ0n) is 17.3. The molecule has 1 fully saturated rings. The minimum Gasteiger partial charge on any atom is -0.477 e. The summed E-state index contributed by atoms with van der Waals surface area (Å²) < 4.78 is 18.6. The predicted octanol–water partition coefficient (Wildman–Crippen LogP) is 3.42. The van der Waals surface area contributed by atoms with Gasteiger partial charge in [0.15, 0.2) is 0 Å². The molecule has 28 heavy (non-hydrogen) atoms. The van der Waals surface area contributed by atoms with Crippen LogP contribution in [0.5, 0.6) is 0 Å². The van der Waals surface area contributed by atoms with Gasteiger partial charge >= 0.3 is 19.2 Å². The van der Waals surface area contributed by atoms with Crippen LogP contribution in [0.2, 0.25) is 0 Å². The van der Waals surface area contributed by atoms with E-state index in [1.165, 1.54) is 6.07 Å². The fourth-order valence-corrected chi connectivity index (χ4v) is 3.02. The summed E-state index contributed by atoms with van der Waals surface area (Å²) in [6, 6.07) is 6.70. The van der Waals surface area contributed by atoms with Crippen LogP contribution >= 0.6 is 0 Å². The molecule has 8 heteroatoms. The molecule has 0 bridgehead atoms. The molecule has 7 nitrogen and oxygen atoms in total. The second kappa shape index (κ2) is 6.35. The van der Waals surface area contributed by atoms with E-state index in [1.807, 2.05) is 27.7 Å². The maximum atomic E-state index is 12.6. The quantitative estimate of drug-likeness (QED) is 0.795. The van der Waals surface area contributed by atoms with E-state index in [9.17, 15) is 14.7 Å². The molecule has 2 heterocycles. The van der Waals surface area contributed by atoms with Gasteiger partial charge in [0.2, 0.25) is 0 Å². The van der Waals surface area contributed by atoms with Crippen molar-refractivity contribution in [3.63, 3.8) is 0 Å². The Morgan fingerprint density at radius 3 is 2.14 bits per heavy atom. The van der Waals surface area contributed by atoms with Gasteiger partial charge in [0.05, 0.1) is 16.7 Å². The Bertz CT molecular complexity index is 937. The average Bonchev–Trinajstić information content (AvgIpc) is 3.00. The van der Waals surface area contributed by atoms with Crippen molar-refractivity contribution in [2.24, 2.45) is 0 Å². The Morgan fingerprint density at radius 2 is 1.64 bits per heavy atom. The third kappa shape index (κ3) is 3.54. The van der Waals surface area contributed by atoms with Crippen molar-refractivity contribution in [2.75, 3.05) is 0 Å². The molecule has 0 unspecified atom stereocenters. The lowest BCUT2D eigenvalue weighted by Gasteiger charge is -2.32. The van der Waals surface area contributed by atoms with Crippen LogP contribution in [-0.2, 0) is 14.0 Å². The summed E-state index contributed by atoms with van der Waals surface area (Å²) in [5.74, 6) is -1.21. The van der Waals surface area contributed by atoms with E-state index in [4.69, 9.17) is 14.0 Å². The van der Waals surface area contributed by atoms with Crippen molar-refractivity contribution in [2.45, 2.75) is 65.3 Å². The van der Waals surface area contributed by atoms with Crippen LogP contribution < -0.4 is 5.46 Å². The zero-order chi connectivity index (χ0) is 21.1. The molecule has 0 saturated carbocycles. The molecule has 0 amide bonds. The van der Waals surface area contributed by atoms with Crippen molar-refractivity contribution in [1.82, 2.24) is 4.57 Å². The van der Waals surface area contributed by atoms with Gasteiger partial charge in [-0.15, -0.1) is 0 Å². The normalized spacial score (nSPS) is 18.5. The van der Waals surface area contributed by atoms with Gasteiger partial charge in [0.25, 0.3) is 0 Å². The van der Waals surface area contributed by atoms with Gasteiger partial charge in [-0.05, 0) is 66.1 Å². The summed E-state index contributed by atoms with van der Waals surface area (Å²) in [5.41, 5.74) is -0.666. The number of hydrogen-bond donors (Lipinski definition) is 1. The first-order valence-electron chi connectivity index (χ1n) is 9.19. The molecule has 150 valence electrons. The average molecular weight is 387 g/mol. The molecule has 0 aliphatic carbocycles. The smallest absolute Gasteiger partial charge is 0.477 e. The fourth-order valence-electron chi connectivity index (χ4n) is 3.02. The summed E-state index contributed by atoms with van der Waals surface area (Å²) in [4.78, 5) is 24.3. The first-order valence-corrected chi connectivity index (χ1v) is 9.19. The fraction of sp³-hybridized carbons (Fsp3) is 0.500. The van der Waals surface area contributed by atoms with Crippen molar-refractivity contribution in [3.8, 4) is 0 Å². The van der Waals surface area contributed by atoms with E-state index in [0.29, 0.717) is 10.9 Å². The molecule has 1 aromatic heterocycles. The molecule has 1 aliphatic rings. The molecule has 3 rings (SSSR count). The zero-order valence-corrected chi connectivity index (χ0v) is 17.3. The van der Waals surface area contributed by atoms with E-state index in [-0.39, 0.29) is 5.69 Å². The number of carboxylic acids is 1. The Morgan fingerprint density at radius 1 is 1.07 bits per heavy atom. The van der Waals surface area contributed by atoms with Crippen molar-refractivity contribution in [1.29, 1.82) is 0 Å². The first-order chi connectivity index (χ1) is 12.7. The third-order valence-electron chi connectivity index (χ3n) is 5.15. The van der Waals surface area contributed by atoms with E-state index in [1.54, 1.807) is 39.0 Å². The van der Waals surface area contributed by atoms with E-state index < -0.39 is 36.0 Å². The second-order valence-electron chi connectivity index (χ2n) is 9.06. The van der Waals surface area contributed by atoms with Gasteiger partial charge in [-0.2, -0.15) is 0 Å². The van der Waals surface area contributed by atoms with Crippen LogP contribution in [0.15, 0.2) is 24.3 Å². The van der Waals surface area contributed by atoms with Crippen LogP contribution in [0.25, 0.3) is 10.9 Å². The molecule has 2 aromatic rings. The van der Waals surface area contributed by atoms with Crippen molar-refractivity contribution >= 4 is 35.5 Å². The third-order valence-corrected chi connectivity index (χ3v) is 5.15. The second-order valence-corrected chi connectivity index (χ2v) is 9.06. The standard InChI is InChI=1S/C20H26BNO6/c1-18(2,3)26-17(25)22-14-9-8-13(10-12(14)11-15(22)16(23)24)21-27-19(4,5)20(6,7)28-21/h8-11H,1-7H3,(H,23,24). The summed E-state index contributed by atoms with van der Waals surface area (Å²) >= 11 is 0. The van der Waals surface area contributed by atoms with Crippen LogP contribution in [-0.4, -0.2) is 45.7 Å². The number of carbonyl (C=O) groups is 2. The lowest BCUT2D eigenvalue weighted by atomic mass is 9.78. The van der Waals surface area contributed by atoms with Crippen LogP contribution in [0, 0.1) is 0 Å². The van der Waals surface area contributed by atoms with Crippen molar-refractivity contribution in [3.05, 3.63) is 30.0 Å². The number of ether oxygens (including phenoxy) is 1. The van der Waals surface area contributed by atoms with Gasteiger partial charge < -0.3 is 19.2 Å². The van der Waals surface area contributed by atoms with Gasteiger partial charge in [0, 0.05) is 5.39 Å². The van der Waals surface area contributed by atoms with E-state index in [2.05, 4.69) is 0 Å². The number of benzene rings is 1. The van der Waals surface area contributed by atoms with Crippen LogP contribution in [0.1, 0.15) is 59.0 Å². The highest BCUT2D eigenvalue weighted by molar-refractivity contribution is 6.62. The molecule has 1 N–H and O–H groups in total. The molecule has 0 atom stereocenters. The summed E-state index contributed by atoms with van der Waals surface area (Å²) in [6.07, 6.45) is -0.733. The maximum Gasteiger partial charge on any atom is 0.494 e. The maximum absolute atomic E-state index is 12.6. The van der Waals surface area contributed by atoms with Crippen LogP contribution in [0.3, 0.4) is 0 Å². The van der Waals surface area contributed by atoms with Crippen LogP contribution in [0.4, 0.5) is 4.79 Å². The summed E-state index contributed by atoms with van der Waals surface area (Å²) in [6.45, 7) is 13.0. The molecule has 0 radical (unpaired) electrons. The highest BCUT2D eigenvalue weighted by Crippen LogP contribution is 2.36. The number of aromatic nitrogens is 1. The molecule has 1 saturated heterocycles. The van der Waals surface area contributed by atoms with Gasteiger partial charge in [-0.1, -0.05) is 12.1 Å². The number of carbonyl (C=O) groups excluding carboxylic acids is 1. The number of fused-ring (bicyclic) bond motifs is 1. The number of nitrogens with zero attached hydrogens (tertiary/aromatic N) is 1. The minimum absolute atomic E-state index is 0.157. The summed E-state index contributed by atoms with van der Waals surface area (Å²) in [5, 5.41) is 10.1. The lowest BCUT2D eigenvalue weighted by molar-refractivity contribution is 0.00578. The van der Waals surface area contributed by atoms with Gasteiger partial charge in [-0.25, -0.2) is 14.2 Å². The van der Waals surface area contributed by atoms with Crippen molar-refractivity contribution < 1.29 is 28.7 Å². The molecular formula is C20H26BNO6. The highest BCUT2D eigenvalue weighted by Gasteiger charge is 2.51. The Labute approximate surface area is 164 Å². The first kappa shape index (κ1) is 20.4. The van der Waals surface area contributed by atoms with E-state index in [0.717, 1.165) is 10.0 Å². The molecular weight excluding hydrogens is 361 g/mol. The molecule has 1 aliphatic heterocycles.